The fourth-order valence-corrected chi connectivity index (χ4v) is 15.6. The van der Waals surface area contributed by atoms with E-state index in [-0.39, 0.29) is 113 Å². The number of para-hydroxylation sites is 2. The van der Waals surface area contributed by atoms with Crippen LogP contribution in [-0.4, -0.2) is 48.7 Å². The van der Waals surface area contributed by atoms with Crippen molar-refractivity contribution in [3.63, 3.8) is 0 Å². The Balaban J connectivity index is 0.000000114. The zero-order chi connectivity index (χ0) is 78.4. The average Bonchev–Trinajstić information content (AvgIpc) is 1.55. The Hall–Kier alpha value is -13.7. The van der Waals surface area contributed by atoms with E-state index in [0.29, 0.717) is 74.6 Å². The summed E-state index contributed by atoms with van der Waals surface area (Å²) in [6.45, 7) is 3.69. The van der Waals surface area contributed by atoms with E-state index in [1.54, 1.807) is 52.6 Å². The minimum absolute atomic E-state index is 0.00144. The number of benzene rings is 7. The first-order valence-electron chi connectivity index (χ1n) is 34.3. The van der Waals surface area contributed by atoms with E-state index in [1.165, 1.54) is 51.7 Å². The lowest BCUT2D eigenvalue weighted by atomic mass is 10.0. The van der Waals surface area contributed by atoms with Crippen LogP contribution < -0.4 is 44.7 Å². The Kier molecular flexibility index (Phi) is 18.6. The highest BCUT2D eigenvalue weighted by Gasteiger charge is 2.33. The molecule has 19 rings (SSSR count). The molecule has 2 unspecified atom stereocenters. The molecule has 0 aliphatic carbocycles. The number of rotatable bonds is 8. The van der Waals surface area contributed by atoms with Crippen molar-refractivity contribution in [2.45, 2.75) is 61.7 Å². The maximum atomic E-state index is 14.2. The van der Waals surface area contributed by atoms with Gasteiger partial charge in [-0.25, -0.2) is 46.7 Å². The molecule has 2 aliphatic heterocycles. The Labute approximate surface area is 636 Å². The van der Waals surface area contributed by atoms with Crippen molar-refractivity contribution in [3.8, 4) is 23.0 Å². The van der Waals surface area contributed by atoms with Crippen molar-refractivity contribution in [3.05, 3.63) is 356 Å². The van der Waals surface area contributed by atoms with Crippen LogP contribution >= 0.6 is 27.7 Å². The minimum Gasteiger partial charge on any atom is -0.507 e. The van der Waals surface area contributed by atoms with E-state index in [9.17, 15) is 76.3 Å². The van der Waals surface area contributed by atoms with Crippen LogP contribution in [0.15, 0.2) is 271 Å². The highest BCUT2D eigenvalue weighted by atomic mass is 79.9. The van der Waals surface area contributed by atoms with Crippen molar-refractivity contribution in [1.82, 2.24) is 28.2 Å². The molecule has 10 aromatic heterocycles. The van der Waals surface area contributed by atoms with Crippen LogP contribution in [0.1, 0.15) is 56.6 Å². The first-order chi connectivity index (χ1) is 53.9. The number of fused-ring (bicyclic) bond motifs is 10. The van der Waals surface area contributed by atoms with Crippen LogP contribution in [-0.2, 0) is 25.9 Å². The molecule has 0 saturated carbocycles. The summed E-state index contributed by atoms with van der Waals surface area (Å²) in [4.78, 5) is 109. The Bertz CT molecular complexity index is 7360. The number of nitrogens with zero attached hydrogens (tertiary/aromatic N) is 6. The number of pyridine rings is 6. The van der Waals surface area contributed by atoms with E-state index < -0.39 is 67.5 Å². The lowest BCUT2D eigenvalue weighted by Crippen LogP contribution is -2.24. The number of hydrogen-bond acceptors (Lipinski definition) is 19. The SMILES string of the molecule is Cc1cnc2c(c1)c1oc(=O)c(Sc3ccc(F)cc3F)c(O)c1c(=O)n2Cc1ccc(F)cc1.Cc1cnc2c(c1)c1oc(=O)cc(O)c1c(=O)n2Cc1ccc(F)cc1.O=c1cc(O)c2c(=O)n3c4c(cccc4c2o1)CC3c1ccccc1.O=c1oc2c(c(O)c1Br)c(=O)n1c3c(cccc23)CC1c1ccccc1. The number of hydrogen-bond donors (Lipinski definition) is 4. The van der Waals surface area contributed by atoms with Crippen molar-refractivity contribution in [2.24, 2.45) is 0 Å². The largest absolute Gasteiger partial charge is 0.507 e. The molecule has 112 heavy (non-hydrogen) atoms. The normalized spacial score (nSPS) is 13.4. The molecule has 28 heteroatoms. The van der Waals surface area contributed by atoms with Crippen molar-refractivity contribution < 1.29 is 55.7 Å². The molecule has 0 spiro atoms. The summed E-state index contributed by atoms with van der Waals surface area (Å²) in [6, 6.07) is 49.8. The lowest BCUT2D eigenvalue weighted by Gasteiger charge is -2.16. The topological polar surface area (TPSA) is 316 Å². The van der Waals surface area contributed by atoms with E-state index in [4.69, 9.17) is 17.7 Å². The van der Waals surface area contributed by atoms with E-state index >= 15 is 0 Å². The zero-order valence-corrected chi connectivity index (χ0v) is 60.6. The van der Waals surface area contributed by atoms with Crippen LogP contribution in [0.25, 0.3) is 87.7 Å². The zero-order valence-electron chi connectivity index (χ0n) is 58.2. The molecule has 0 fully saturated rings. The van der Waals surface area contributed by atoms with Gasteiger partial charge in [0.05, 0.1) is 59.1 Å². The second kappa shape index (κ2) is 28.7. The maximum Gasteiger partial charge on any atom is 0.354 e. The third-order valence-electron chi connectivity index (χ3n) is 19.4. The van der Waals surface area contributed by atoms with Gasteiger partial charge in [0.15, 0.2) is 33.8 Å². The summed E-state index contributed by atoms with van der Waals surface area (Å²) in [5.74, 6) is -4.42. The molecule has 7 aromatic carbocycles. The van der Waals surface area contributed by atoms with Gasteiger partial charge in [0.1, 0.15) is 77.0 Å². The van der Waals surface area contributed by atoms with Crippen LogP contribution in [0, 0.1) is 37.1 Å². The Morgan fingerprint density at radius 1 is 0.446 bits per heavy atom. The maximum absolute atomic E-state index is 14.2. The highest BCUT2D eigenvalue weighted by Crippen LogP contribution is 2.43. The van der Waals surface area contributed by atoms with Gasteiger partial charge < -0.3 is 38.1 Å². The van der Waals surface area contributed by atoms with Crippen molar-refractivity contribution >= 4 is 115 Å². The molecular formula is C84H53BrF4N6O16S. The predicted molar refractivity (Wildman–Crippen MR) is 414 cm³/mol. The van der Waals surface area contributed by atoms with E-state index in [1.807, 2.05) is 97.9 Å². The van der Waals surface area contributed by atoms with Crippen LogP contribution in [0.3, 0.4) is 0 Å². The van der Waals surface area contributed by atoms with Gasteiger partial charge in [-0.1, -0.05) is 121 Å². The first-order valence-corrected chi connectivity index (χ1v) is 35.9. The van der Waals surface area contributed by atoms with Crippen molar-refractivity contribution in [1.29, 1.82) is 0 Å². The monoisotopic (exact) mass is 1590 g/mol. The summed E-state index contributed by atoms with van der Waals surface area (Å²) >= 11 is 3.53. The van der Waals surface area contributed by atoms with Crippen molar-refractivity contribution in [2.75, 3.05) is 0 Å². The average molecular weight is 1590 g/mol. The van der Waals surface area contributed by atoms with Crippen LogP contribution in [0.4, 0.5) is 17.6 Å². The standard InChI is InChI=1S/C25H15F3N2O4S.C20H12BrNO4.C20H13NO4.C19H13FN2O4/c1-12-8-16-21-19(20(31)22(25(33)34-21)35-18-7-6-15(27)9-17(18)28)24(32)30(23(16)29-10-12)11-13-2-4-14(26)5-3-13;21-15-17(23)14-18(26-20(15)25)12-8-4-7-11-9-13(10-5-2-1-3-6-10)22(16(11)12)19(14)24;22-15-10-16(23)25-19-13-8-4-7-12-9-14(11-5-2-1-3-6-11)21(18(12)13)20(24)17(15)19;1-10-6-13-17-16(14(23)7-15(24)26-17)19(25)22(18(13)21-8-10)9-11-2-4-12(20)5-3-11/h2-10,31H,11H2,1H3;1-8,13,23H,9H2;1-8,10,14,22H,9H2;2-8,23H,9H2,1H3. The predicted octanol–water partition coefficient (Wildman–Crippen LogP) is 14.5. The summed E-state index contributed by atoms with van der Waals surface area (Å²) in [5.41, 5.74) is 3.91. The first kappa shape index (κ1) is 72.5. The van der Waals surface area contributed by atoms with Gasteiger partial charge in [-0.3, -0.25) is 37.4 Å². The number of aromatic nitrogens is 6. The Morgan fingerprint density at radius 3 is 1.36 bits per heavy atom. The molecule has 0 amide bonds. The molecule has 0 bridgehead atoms. The molecule has 4 N–H and O–H groups in total. The lowest BCUT2D eigenvalue weighted by molar-refractivity contribution is 0.446. The summed E-state index contributed by atoms with van der Waals surface area (Å²) in [6.07, 6.45) is 4.47. The van der Waals surface area contributed by atoms with Gasteiger partial charge in [-0.05, 0) is 148 Å². The van der Waals surface area contributed by atoms with Gasteiger partial charge in [0.25, 0.3) is 22.2 Å². The number of halogens is 5. The third kappa shape index (κ3) is 12.8. The highest BCUT2D eigenvalue weighted by molar-refractivity contribution is 9.10. The molecular weight excluding hydrogens is 1540 g/mol. The fraction of sp³-hybridized carbons (Fsp3) is 0.0952. The summed E-state index contributed by atoms with van der Waals surface area (Å²) in [5, 5.41) is 43.6. The van der Waals surface area contributed by atoms with Gasteiger partial charge in [0, 0.05) is 34.1 Å². The van der Waals surface area contributed by atoms with Crippen LogP contribution in [0.5, 0.6) is 23.0 Å². The van der Waals surface area contributed by atoms with Gasteiger partial charge in [-0.2, -0.15) is 0 Å². The third-order valence-corrected chi connectivity index (χ3v) is 21.2. The smallest absolute Gasteiger partial charge is 0.354 e. The second-order valence-corrected chi connectivity index (χ2v) is 28.4. The van der Waals surface area contributed by atoms with E-state index in [2.05, 4.69) is 25.9 Å². The molecule has 2 atom stereocenters. The molecule has 556 valence electrons. The molecule has 22 nitrogen and oxygen atoms in total. The molecule has 17 aromatic rings. The second-order valence-electron chi connectivity index (χ2n) is 26.6. The summed E-state index contributed by atoms with van der Waals surface area (Å²) < 4.78 is 81.2. The molecule has 0 saturated heterocycles. The van der Waals surface area contributed by atoms with Gasteiger partial charge in [-0.15, -0.1) is 0 Å². The number of aromatic hydroxyl groups is 4. The molecule has 2 aliphatic rings. The van der Waals surface area contributed by atoms with Gasteiger partial charge in [0.2, 0.25) is 0 Å². The molecule has 0 radical (unpaired) electrons. The van der Waals surface area contributed by atoms with E-state index in [0.717, 1.165) is 63.1 Å². The fourth-order valence-electron chi connectivity index (χ4n) is 14.5. The molecule has 12 heterocycles. The minimum atomic E-state index is -0.998. The van der Waals surface area contributed by atoms with Gasteiger partial charge >= 0.3 is 22.5 Å². The van der Waals surface area contributed by atoms with Crippen LogP contribution in [0.2, 0.25) is 0 Å². The number of aryl methyl sites for hydroxylation is 2. The quantitative estimate of drug-likeness (QED) is 0.0811. The Morgan fingerprint density at radius 2 is 0.866 bits per heavy atom. The summed E-state index contributed by atoms with van der Waals surface area (Å²) in [7, 11) is 0.